The largest absolute Gasteiger partial charge is 0.394 e. The highest BCUT2D eigenvalue weighted by molar-refractivity contribution is 5.74. The third kappa shape index (κ3) is 6.54. The number of likely N-dealkylation sites (N-methyl/N-ethyl adjacent to an activating group) is 1. The van der Waals surface area contributed by atoms with Crippen LogP contribution in [0.2, 0.25) is 0 Å². The minimum absolute atomic E-state index is 0.00704. The van der Waals surface area contributed by atoms with Gasteiger partial charge in [-0.3, -0.25) is 0 Å². The van der Waals surface area contributed by atoms with E-state index in [1.54, 1.807) is 0 Å². The number of aliphatic hydroxyl groups excluding tert-OH is 1. The first-order valence-electron chi connectivity index (χ1n) is 7.60. The van der Waals surface area contributed by atoms with Gasteiger partial charge in [0.25, 0.3) is 0 Å². The molecule has 20 heavy (non-hydrogen) atoms. The van der Waals surface area contributed by atoms with Crippen LogP contribution in [0.1, 0.15) is 26.2 Å². The quantitative estimate of drug-likeness (QED) is 0.620. The molecule has 0 aliphatic carbocycles. The highest BCUT2D eigenvalue weighted by Gasteiger charge is 2.21. The van der Waals surface area contributed by atoms with Crippen LogP contribution in [-0.2, 0) is 0 Å². The monoisotopic (exact) mass is 286 g/mol. The number of amides is 2. The maximum atomic E-state index is 11.8. The van der Waals surface area contributed by atoms with Crippen LogP contribution in [0.3, 0.4) is 0 Å². The van der Waals surface area contributed by atoms with Gasteiger partial charge in [-0.05, 0) is 33.4 Å². The van der Waals surface area contributed by atoms with Crippen LogP contribution < -0.4 is 10.6 Å². The first-order valence-corrected chi connectivity index (χ1v) is 7.60. The molecule has 0 aromatic rings. The fourth-order valence-electron chi connectivity index (χ4n) is 2.33. The van der Waals surface area contributed by atoms with E-state index in [0.29, 0.717) is 0 Å². The van der Waals surface area contributed by atoms with Gasteiger partial charge in [0.15, 0.2) is 0 Å². The lowest BCUT2D eigenvalue weighted by Crippen LogP contribution is -2.51. The van der Waals surface area contributed by atoms with Crippen LogP contribution in [0.5, 0.6) is 0 Å². The summed E-state index contributed by atoms with van der Waals surface area (Å²) in [6, 6.07) is -0.0466. The standard InChI is InChI=1S/C14H30N4O2/c1-4-12(11-19)15-14(20)16-13-5-7-18(8-6-13)10-9-17(2)3/h12-13,19H,4-11H2,1-3H3,(H2,15,16,20). The lowest BCUT2D eigenvalue weighted by molar-refractivity contribution is 0.176. The maximum Gasteiger partial charge on any atom is 0.315 e. The zero-order valence-corrected chi connectivity index (χ0v) is 13.1. The molecular formula is C14H30N4O2. The Bertz CT molecular complexity index is 274. The minimum atomic E-state index is -0.155. The number of rotatable bonds is 7. The molecule has 0 aromatic heterocycles. The van der Waals surface area contributed by atoms with Crippen LogP contribution >= 0.6 is 0 Å². The molecule has 0 bridgehead atoms. The third-order valence-electron chi connectivity index (χ3n) is 3.83. The van der Waals surface area contributed by atoms with Crippen molar-refractivity contribution in [1.29, 1.82) is 0 Å². The average molecular weight is 286 g/mol. The Morgan fingerprint density at radius 3 is 2.55 bits per heavy atom. The SMILES string of the molecule is CCC(CO)NC(=O)NC1CCN(CCN(C)C)CC1. The molecule has 2 amide bonds. The normalized spacial score (nSPS) is 19.1. The van der Waals surface area contributed by atoms with Crippen LogP contribution in [0.15, 0.2) is 0 Å². The van der Waals surface area contributed by atoms with Crippen molar-refractivity contribution in [2.75, 3.05) is 46.9 Å². The first kappa shape index (κ1) is 17.2. The molecule has 3 N–H and O–H groups in total. The molecule has 6 nitrogen and oxygen atoms in total. The number of likely N-dealkylation sites (tertiary alicyclic amines) is 1. The number of hydrogen-bond acceptors (Lipinski definition) is 4. The smallest absolute Gasteiger partial charge is 0.315 e. The summed E-state index contributed by atoms with van der Waals surface area (Å²) in [5.41, 5.74) is 0. The summed E-state index contributed by atoms with van der Waals surface area (Å²) in [5, 5.41) is 14.9. The molecule has 1 fully saturated rings. The zero-order valence-electron chi connectivity index (χ0n) is 13.1. The van der Waals surface area contributed by atoms with Crippen LogP contribution in [0, 0.1) is 0 Å². The van der Waals surface area contributed by atoms with Crippen molar-refractivity contribution >= 4 is 6.03 Å². The predicted octanol–water partition coefficient (Wildman–Crippen LogP) is 0.0825. The fraction of sp³-hybridized carbons (Fsp3) is 0.929. The van der Waals surface area contributed by atoms with Gasteiger partial charge in [0.2, 0.25) is 0 Å². The third-order valence-corrected chi connectivity index (χ3v) is 3.83. The molecule has 0 aromatic carbocycles. The van der Waals surface area contributed by atoms with Gasteiger partial charge in [-0.15, -0.1) is 0 Å². The van der Waals surface area contributed by atoms with E-state index in [4.69, 9.17) is 5.11 Å². The summed E-state index contributed by atoms with van der Waals surface area (Å²) in [6.07, 6.45) is 2.74. The topological polar surface area (TPSA) is 67.8 Å². The second kappa shape index (κ2) is 9.15. The molecule has 1 aliphatic heterocycles. The van der Waals surface area contributed by atoms with Gasteiger partial charge < -0.3 is 25.5 Å². The van der Waals surface area contributed by atoms with Gasteiger partial charge in [-0.25, -0.2) is 4.79 Å². The Kier molecular flexibility index (Phi) is 7.87. The zero-order chi connectivity index (χ0) is 15.0. The molecule has 6 heteroatoms. The second-order valence-corrected chi connectivity index (χ2v) is 5.82. The molecular weight excluding hydrogens is 256 g/mol. The van der Waals surface area contributed by atoms with E-state index < -0.39 is 0 Å². The number of urea groups is 1. The van der Waals surface area contributed by atoms with E-state index in [0.717, 1.165) is 45.4 Å². The lowest BCUT2D eigenvalue weighted by Gasteiger charge is -2.33. The number of carbonyl (C=O) groups excluding carboxylic acids is 1. The number of nitrogens with zero attached hydrogens (tertiary/aromatic N) is 2. The van der Waals surface area contributed by atoms with Crippen LogP contribution in [0.4, 0.5) is 4.79 Å². The molecule has 118 valence electrons. The number of piperidine rings is 1. The van der Waals surface area contributed by atoms with Gasteiger partial charge in [0.05, 0.1) is 12.6 Å². The maximum absolute atomic E-state index is 11.8. The summed E-state index contributed by atoms with van der Waals surface area (Å²) in [7, 11) is 4.17. The molecule has 1 atom stereocenters. The van der Waals surface area contributed by atoms with E-state index in [1.165, 1.54) is 0 Å². The Hall–Kier alpha value is -0.850. The fourth-order valence-corrected chi connectivity index (χ4v) is 2.33. The van der Waals surface area contributed by atoms with Crippen LogP contribution in [-0.4, -0.2) is 79.9 Å². The summed E-state index contributed by atoms with van der Waals surface area (Å²) < 4.78 is 0. The van der Waals surface area contributed by atoms with E-state index >= 15 is 0 Å². The average Bonchev–Trinajstić information content (AvgIpc) is 2.44. The van der Waals surface area contributed by atoms with E-state index in [9.17, 15) is 4.79 Å². The predicted molar refractivity (Wildman–Crippen MR) is 80.8 cm³/mol. The van der Waals surface area contributed by atoms with E-state index in [2.05, 4.69) is 34.5 Å². The lowest BCUT2D eigenvalue weighted by atomic mass is 10.1. The molecule has 0 saturated carbocycles. The van der Waals surface area contributed by atoms with Crippen molar-refractivity contribution in [2.45, 2.75) is 38.3 Å². The Morgan fingerprint density at radius 1 is 1.40 bits per heavy atom. The van der Waals surface area contributed by atoms with Gasteiger partial charge in [0, 0.05) is 32.2 Å². The van der Waals surface area contributed by atoms with Gasteiger partial charge >= 0.3 is 6.03 Å². The number of aliphatic hydroxyl groups is 1. The van der Waals surface area contributed by atoms with Crippen molar-refractivity contribution in [2.24, 2.45) is 0 Å². The highest BCUT2D eigenvalue weighted by atomic mass is 16.3. The van der Waals surface area contributed by atoms with Gasteiger partial charge in [-0.1, -0.05) is 6.92 Å². The van der Waals surface area contributed by atoms with Crippen molar-refractivity contribution < 1.29 is 9.90 Å². The molecule has 1 rings (SSSR count). The van der Waals surface area contributed by atoms with Crippen molar-refractivity contribution in [3.8, 4) is 0 Å². The first-order chi connectivity index (χ1) is 9.55. The Balaban J connectivity index is 2.20. The van der Waals surface area contributed by atoms with E-state index in [1.807, 2.05) is 6.92 Å². The molecule has 1 saturated heterocycles. The Labute approximate surface area is 122 Å². The van der Waals surface area contributed by atoms with Gasteiger partial charge in [0.1, 0.15) is 0 Å². The Morgan fingerprint density at radius 2 is 2.05 bits per heavy atom. The summed E-state index contributed by atoms with van der Waals surface area (Å²) in [4.78, 5) is 16.4. The summed E-state index contributed by atoms with van der Waals surface area (Å²) >= 11 is 0. The number of carbonyl (C=O) groups is 1. The van der Waals surface area contributed by atoms with Crippen LogP contribution in [0.25, 0.3) is 0 Å². The number of hydrogen-bond donors (Lipinski definition) is 3. The molecule has 1 aliphatic rings. The summed E-state index contributed by atoms with van der Waals surface area (Å²) in [6.45, 7) is 6.19. The molecule has 0 radical (unpaired) electrons. The molecule has 0 spiro atoms. The van der Waals surface area contributed by atoms with Crippen molar-refractivity contribution in [3.05, 3.63) is 0 Å². The second-order valence-electron chi connectivity index (χ2n) is 5.82. The summed E-state index contributed by atoms with van der Waals surface area (Å²) in [5.74, 6) is 0. The molecule has 1 unspecified atom stereocenters. The van der Waals surface area contributed by atoms with Crippen molar-refractivity contribution in [1.82, 2.24) is 20.4 Å². The number of nitrogens with one attached hydrogen (secondary N) is 2. The van der Waals surface area contributed by atoms with Crippen molar-refractivity contribution in [3.63, 3.8) is 0 Å². The van der Waals surface area contributed by atoms with Gasteiger partial charge in [-0.2, -0.15) is 0 Å². The molecule has 1 heterocycles. The highest BCUT2D eigenvalue weighted by Crippen LogP contribution is 2.09. The minimum Gasteiger partial charge on any atom is -0.394 e. The van der Waals surface area contributed by atoms with E-state index in [-0.39, 0.29) is 24.7 Å².